The van der Waals surface area contributed by atoms with E-state index in [9.17, 15) is 0 Å². The number of hydrogen-bond donors (Lipinski definition) is 0. The third-order valence-electron chi connectivity index (χ3n) is 2.34. The normalized spacial score (nSPS) is 10.4. The first-order valence-electron chi connectivity index (χ1n) is 5.73. The lowest BCUT2D eigenvalue weighted by atomic mass is 10.3. The van der Waals surface area contributed by atoms with E-state index in [0.717, 1.165) is 21.9 Å². The van der Waals surface area contributed by atoms with Crippen LogP contribution in [-0.2, 0) is 0 Å². The lowest BCUT2D eigenvalue weighted by molar-refractivity contribution is 0.600. The Hall–Kier alpha value is -1.02. The quantitative estimate of drug-likeness (QED) is 0.710. The van der Waals surface area contributed by atoms with E-state index >= 15 is 0 Å². The highest BCUT2D eigenvalue weighted by Crippen LogP contribution is 2.23. The van der Waals surface area contributed by atoms with Gasteiger partial charge >= 0.3 is 0 Å². The summed E-state index contributed by atoms with van der Waals surface area (Å²) in [5, 5.41) is 0.742. The molecule has 0 atom stereocenters. The van der Waals surface area contributed by atoms with Crippen LogP contribution in [0.5, 0.6) is 0 Å². The SMILES string of the molecule is CC.Cc1nc2cc(Cl)ccc2n1C(C)C. The van der Waals surface area contributed by atoms with Gasteiger partial charge in [0, 0.05) is 11.1 Å². The number of rotatable bonds is 1. The molecule has 0 spiro atoms. The summed E-state index contributed by atoms with van der Waals surface area (Å²) in [6.07, 6.45) is 0. The molecule has 0 fully saturated rings. The van der Waals surface area contributed by atoms with E-state index in [2.05, 4.69) is 23.4 Å². The fraction of sp³-hybridized carbons (Fsp3) is 0.462. The molecule has 0 N–H and O–H groups in total. The summed E-state index contributed by atoms with van der Waals surface area (Å²) in [6.45, 7) is 10.3. The predicted molar refractivity (Wildman–Crippen MR) is 71.2 cm³/mol. The van der Waals surface area contributed by atoms with Crippen molar-refractivity contribution in [3.63, 3.8) is 0 Å². The van der Waals surface area contributed by atoms with Gasteiger partial charge in [0.2, 0.25) is 0 Å². The molecule has 0 aliphatic carbocycles. The number of aromatic nitrogens is 2. The van der Waals surface area contributed by atoms with Crippen LogP contribution in [-0.4, -0.2) is 9.55 Å². The molecule has 0 amide bonds. The maximum Gasteiger partial charge on any atom is 0.106 e. The molecule has 16 heavy (non-hydrogen) atoms. The number of halogens is 1. The largest absolute Gasteiger partial charge is 0.326 e. The van der Waals surface area contributed by atoms with E-state index in [4.69, 9.17) is 11.6 Å². The van der Waals surface area contributed by atoms with Crippen LogP contribution in [0.3, 0.4) is 0 Å². The van der Waals surface area contributed by atoms with Crippen LogP contribution in [0, 0.1) is 6.92 Å². The van der Waals surface area contributed by atoms with E-state index in [-0.39, 0.29) is 0 Å². The van der Waals surface area contributed by atoms with Crippen molar-refractivity contribution < 1.29 is 0 Å². The van der Waals surface area contributed by atoms with Crippen LogP contribution in [0.15, 0.2) is 18.2 Å². The van der Waals surface area contributed by atoms with E-state index < -0.39 is 0 Å². The third kappa shape index (κ3) is 2.38. The summed E-state index contributed by atoms with van der Waals surface area (Å²) >= 11 is 5.91. The zero-order valence-corrected chi connectivity index (χ0v) is 11.3. The summed E-state index contributed by atoms with van der Waals surface area (Å²) in [7, 11) is 0. The number of nitrogens with zero attached hydrogens (tertiary/aromatic N) is 2. The number of hydrogen-bond acceptors (Lipinski definition) is 1. The van der Waals surface area contributed by atoms with E-state index in [1.165, 1.54) is 0 Å². The highest BCUT2D eigenvalue weighted by atomic mass is 35.5. The van der Waals surface area contributed by atoms with Crippen LogP contribution in [0.4, 0.5) is 0 Å². The molecule has 0 aliphatic rings. The van der Waals surface area contributed by atoms with Gasteiger partial charge in [0.05, 0.1) is 11.0 Å². The van der Waals surface area contributed by atoms with Crippen molar-refractivity contribution in [2.75, 3.05) is 0 Å². The van der Waals surface area contributed by atoms with Gasteiger partial charge in [-0.2, -0.15) is 0 Å². The zero-order chi connectivity index (χ0) is 12.3. The second-order valence-electron chi connectivity index (χ2n) is 3.76. The Morgan fingerprint density at radius 1 is 1.25 bits per heavy atom. The molecule has 2 nitrogen and oxygen atoms in total. The fourth-order valence-corrected chi connectivity index (χ4v) is 2.01. The molecule has 1 aromatic carbocycles. The molecule has 0 saturated carbocycles. The van der Waals surface area contributed by atoms with Crippen LogP contribution in [0.25, 0.3) is 11.0 Å². The van der Waals surface area contributed by atoms with E-state index in [1.807, 2.05) is 39.0 Å². The van der Waals surface area contributed by atoms with Crippen molar-refractivity contribution in [2.45, 2.75) is 40.7 Å². The van der Waals surface area contributed by atoms with E-state index in [0.29, 0.717) is 6.04 Å². The number of fused-ring (bicyclic) bond motifs is 1. The topological polar surface area (TPSA) is 17.8 Å². The minimum Gasteiger partial charge on any atom is -0.326 e. The van der Waals surface area contributed by atoms with Crippen LogP contribution in [0.2, 0.25) is 5.02 Å². The van der Waals surface area contributed by atoms with Gasteiger partial charge in [-0.25, -0.2) is 4.98 Å². The monoisotopic (exact) mass is 238 g/mol. The minimum atomic E-state index is 0.432. The molecular formula is C13H19ClN2. The minimum absolute atomic E-state index is 0.432. The Morgan fingerprint density at radius 3 is 2.44 bits per heavy atom. The number of aryl methyl sites for hydroxylation is 1. The second kappa shape index (κ2) is 5.35. The Balaban J connectivity index is 0.000000606. The Morgan fingerprint density at radius 2 is 1.88 bits per heavy atom. The molecule has 0 bridgehead atoms. The lowest BCUT2D eigenvalue weighted by Crippen LogP contribution is -2.02. The van der Waals surface area contributed by atoms with Crippen molar-refractivity contribution in [2.24, 2.45) is 0 Å². The smallest absolute Gasteiger partial charge is 0.106 e. The van der Waals surface area contributed by atoms with E-state index in [1.54, 1.807) is 0 Å². The molecule has 1 heterocycles. The lowest BCUT2D eigenvalue weighted by Gasteiger charge is -2.10. The van der Waals surface area contributed by atoms with Crippen molar-refractivity contribution in [1.82, 2.24) is 9.55 Å². The van der Waals surface area contributed by atoms with Gasteiger partial charge in [-0.1, -0.05) is 25.4 Å². The maximum atomic E-state index is 5.91. The summed E-state index contributed by atoms with van der Waals surface area (Å²) in [5.41, 5.74) is 2.13. The van der Waals surface area contributed by atoms with Crippen molar-refractivity contribution in [3.8, 4) is 0 Å². The molecule has 0 radical (unpaired) electrons. The zero-order valence-electron chi connectivity index (χ0n) is 10.6. The number of imidazole rings is 1. The van der Waals surface area contributed by atoms with Gasteiger partial charge in [-0.15, -0.1) is 0 Å². The average molecular weight is 239 g/mol. The molecule has 0 aliphatic heterocycles. The van der Waals surface area contributed by atoms with Crippen LogP contribution >= 0.6 is 11.6 Å². The summed E-state index contributed by atoms with van der Waals surface area (Å²) < 4.78 is 2.21. The molecule has 2 aromatic rings. The van der Waals surface area contributed by atoms with Crippen molar-refractivity contribution in [1.29, 1.82) is 0 Å². The van der Waals surface area contributed by atoms with Gasteiger partial charge < -0.3 is 4.57 Å². The third-order valence-corrected chi connectivity index (χ3v) is 2.58. The van der Waals surface area contributed by atoms with Crippen LogP contribution in [0.1, 0.15) is 39.6 Å². The van der Waals surface area contributed by atoms with Gasteiger partial charge in [-0.05, 0) is 39.0 Å². The van der Waals surface area contributed by atoms with Crippen molar-refractivity contribution in [3.05, 3.63) is 29.0 Å². The van der Waals surface area contributed by atoms with Gasteiger partial charge in [-0.3, -0.25) is 0 Å². The highest BCUT2D eigenvalue weighted by molar-refractivity contribution is 6.31. The summed E-state index contributed by atoms with van der Waals surface area (Å²) in [5.74, 6) is 1.04. The molecule has 1 aromatic heterocycles. The summed E-state index contributed by atoms with van der Waals surface area (Å²) in [4.78, 5) is 4.47. The molecular weight excluding hydrogens is 220 g/mol. The Kier molecular flexibility index (Phi) is 4.36. The molecule has 0 saturated heterocycles. The van der Waals surface area contributed by atoms with Gasteiger partial charge in [0.25, 0.3) is 0 Å². The van der Waals surface area contributed by atoms with Gasteiger partial charge in [0.1, 0.15) is 5.82 Å². The fourth-order valence-electron chi connectivity index (χ4n) is 1.84. The first kappa shape index (κ1) is 13.0. The predicted octanol–water partition coefficient (Wildman–Crippen LogP) is 4.61. The highest BCUT2D eigenvalue weighted by Gasteiger charge is 2.09. The Bertz CT molecular complexity index is 472. The molecule has 3 heteroatoms. The van der Waals surface area contributed by atoms with Crippen LogP contribution < -0.4 is 0 Å². The first-order valence-corrected chi connectivity index (χ1v) is 6.11. The van der Waals surface area contributed by atoms with Gasteiger partial charge in [0.15, 0.2) is 0 Å². The molecule has 0 unspecified atom stereocenters. The average Bonchev–Trinajstić information content (AvgIpc) is 2.56. The maximum absolute atomic E-state index is 5.91. The molecule has 2 rings (SSSR count). The standard InChI is InChI=1S/C11H13ClN2.C2H6/c1-7(2)14-8(3)13-10-6-9(12)4-5-11(10)14;1-2/h4-7H,1-3H3;1-2H3. The summed E-state index contributed by atoms with van der Waals surface area (Å²) in [6, 6.07) is 6.27. The number of benzene rings is 1. The Labute approximate surface area is 102 Å². The molecule has 88 valence electrons. The second-order valence-corrected chi connectivity index (χ2v) is 4.19. The van der Waals surface area contributed by atoms with Crippen molar-refractivity contribution >= 4 is 22.6 Å². The first-order chi connectivity index (χ1) is 7.59.